The number of imide groups is 1. The molecule has 7 nitrogen and oxygen atoms in total. The van der Waals surface area contributed by atoms with Gasteiger partial charge in [-0.05, 0) is 80.9 Å². The van der Waals surface area contributed by atoms with Gasteiger partial charge in [0.25, 0.3) is 5.91 Å². The lowest BCUT2D eigenvalue weighted by Gasteiger charge is -2.56. The van der Waals surface area contributed by atoms with Gasteiger partial charge in [-0.25, -0.2) is 9.59 Å². The molecule has 7 heteroatoms. The van der Waals surface area contributed by atoms with E-state index in [0.29, 0.717) is 17.8 Å². The van der Waals surface area contributed by atoms with Gasteiger partial charge < -0.3 is 15.2 Å². The van der Waals surface area contributed by atoms with Crippen LogP contribution in [0.2, 0.25) is 0 Å². The van der Waals surface area contributed by atoms with Crippen LogP contribution < -0.4 is 10.6 Å². The van der Waals surface area contributed by atoms with Gasteiger partial charge in [0.1, 0.15) is 11.3 Å². The van der Waals surface area contributed by atoms with Crippen molar-refractivity contribution in [3.05, 3.63) is 29.3 Å². The second-order valence-electron chi connectivity index (χ2n) is 8.80. The topological polar surface area (TPSA) is 105 Å². The number of esters is 1. The van der Waals surface area contributed by atoms with Crippen LogP contribution in [0.1, 0.15) is 54.4 Å². The van der Waals surface area contributed by atoms with Gasteiger partial charge in [0.05, 0.1) is 0 Å². The number of carbonyl (C=O) groups excluding carboxylic acids is 3. The minimum Gasteiger partial charge on any atom is -0.507 e. The number of rotatable bonds is 4. The molecule has 1 aromatic rings. The molecule has 3 amide bonds. The Morgan fingerprint density at radius 3 is 2.29 bits per heavy atom. The van der Waals surface area contributed by atoms with Crippen LogP contribution >= 0.6 is 0 Å². The minimum absolute atomic E-state index is 0.0172. The zero-order valence-electron chi connectivity index (χ0n) is 16.0. The quantitative estimate of drug-likeness (QED) is 0.690. The van der Waals surface area contributed by atoms with E-state index in [0.717, 1.165) is 24.8 Å². The van der Waals surface area contributed by atoms with Gasteiger partial charge in [-0.15, -0.1) is 0 Å². The number of hydrogen-bond donors (Lipinski definition) is 3. The summed E-state index contributed by atoms with van der Waals surface area (Å²) in [5.41, 5.74) is 0.591. The maximum absolute atomic E-state index is 12.3. The van der Waals surface area contributed by atoms with Crippen molar-refractivity contribution in [3.63, 3.8) is 0 Å². The Hall–Kier alpha value is -2.57. The Kier molecular flexibility index (Phi) is 4.77. The molecule has 5 rings (SSSR count). The third-order valence-electron chi connectivity index (χ3n) is 6.38. The van der Waals surface area contributed by atoms with Gasteiger partial charge >= 0.3 is 12.0 Å². The lowest BCUT2D eigenvalue weighted by molar-refractivity contribution is -0.123. The number of benzene rings is 1. The van der Waals surface area contributed by atoms with Gasteiger partial charge in [0.15, 0.2) is 6.61 Å². The fourth-order valence-electron chi connectivity index (χ4n) is 5.72. The highest BCUT2D eigenvalue weighted by atomic mass is 16.5. The number of aryl methyl sites for hydroxylation is 1. The van der Waals surface area contributed by atoms with E-state index >= 15 is 0 Å². The molecule has 1 aromatic carbocycles. The van der Waals surface area contributed by atoms with Crippen LogP contribution in [-0.2, 0) is 9.53 Å². The number of hydrogen-bond acceptors (Lipinski definition) is 5. The summed E-state index contributed by atoms with van der Waals surface area (Å²) in [5, 5.41) is 15.1. The number of phenols is 1. The molecular weight excluding hydrogens is 360 g/mol. The first-order chi connectivity index (χ1) is 13.3. The molecule has 0 aliphatic heterocycles. The second kappa shape index (κ2) is 7.11. The zero-order chi connectivity index (χ0) is 19.9. The van der Waals surface area contributed by atoms with Crippen LogP contribution in [0, 0.1) is 24.7 Å². The summed E-state index contributed by atoms with van der Waals surface area (Å²) in [6.07, 6.45) is 6.77. The normalized spacial score (nSPS) is 30.0. The summed E-state index contributed by atoms with van der Waals surface area (Å²) in [7, 11) is 0. The van der Waals surface area contributed by atoms with E-state index in [4.69, 9.17) is 4.74 Å². The molecule has 28 heavy (non-hydrogen) atoms. The van der Waals surface area contributed by atoms with Crippen LogP contribution in [0.4, 0.5) is 4.79 Å². The van der Waals surface area contributed by atoms with Crippen LogP contribution in [0.3, 0.4) is 0 Å². The number of amides is 3. The first-order valence-corrected chi connectivity index (χ1v) is 9.91. The molecule has 4 fully saturated rings. The summed E-state index contributed by atoms with van der Waals surface area (Å²) in [6.45, 7) is 1.20. The van der Waals surface area contributed by atoms with Crippen molar-refractivity contribution in [2.45, 2.75) is 51.0 Å². The smallest absolute Gasteiger partial charge is 0.342 e. The van der Waals surface area contributed by atoms with Gasteiger partial charge in [0.2, 0.25) is 0 Å². The molecule has 4 aliphatic rings. The van der Waals surface area contributed by atoms with Crippen molar-refractivity contribution in [2.75, 3.05) is 6.61 Å². The molecule has 0 atom stereocenters. The standard InChI is InChI=1S/C21H26N2O5/c1-12-2-3-16(17(24)4-12)19(26)28-11-18(25)22-20(27)23-21-8-13-5-14(9-21)7-15(6-13)10-21/h2-4,13-15,24H,5-11H2,1H3,(H2,22,23,25,27). The summed E-state index contributed by atoms with van der Waals surface area (Å²) >= 11 is 0. The minimum atomic E-state index is -0.811. The summed E-state index contributed by atoms with van der Waals surface area (Å²) in [5.74, 6) is 0.350. The maximum Gasteiger partial charge on any atom is 0.342 e. The Balaban J connectivity index is 1.27. The lowest BCUT2D eigenvalue weighted by atomic mass is 9.53. The van der Waals surface area contributed by atoms with Crippen LogP contribution in [0.25, 0.3) is 0 Å². The number of aromatic hydroxyl groups is 1. The number of urea groups is 1. The third kappa shape index (κ3) is 3.84. The summed E-state index contributed by atoms with van der Waals surface area (Å²) < 4.78 is 4.91. The van der Waals surface area contributed by atoms with Crippen LogP contribution in [0.5, 0.6) is 5.75 Å². The van der Waals surface area contributed by atoms with E-state index in [1.54, 1.807) is 13.0 Å². The average Bonchev–Trinajstić information content (AvgIpc) is 2.57. The molecule has 4 aliphatic carbocycles. The molecule has 4 saturated carbocycles. The average molecular weight is 386 g/mol. The van der Waals surface area contributed by atoms with Gasteiger partial charge in [-0.2, -0.15) is 0 Å². The van der Waals surface area contributed by atoms with Crippen molar-refractivity contribution in [1.29, 1.82) is 0 Å². The summed E-state index contributed by atoms with van der Waals surface area (Å²) in [4.78, 5) is 36.3. The molecular formula is C21H26N2O5. The highest BCUT2D eigenvalue weighted by Gasteiger charge is 2.51. The van der Waals surface area contributed by atoms with Gasteiger partial charge in [-0.3, -0.25) is 10.1 Å². The number of phenolic OH excluding ortho intramolecular Hbond substituents is 1. The fraction of sp³-hybridized carbons (Fsp3) is 0.571. The second-order valence-corrected chi connectivity index (χ2v) is 8.80. The largest absolute Gasteiger partial charge is 0.507 e. The molecule has 0 saturated heterocycles. The van der Waals surface area contributed by atoms with Crippen molar-refractivity contribution < 1.29 is 24.2 Å². The van der Waals surface area contributed by atoms with E-state index in [9.17, 15) is 19.5 Å². The fourth-order valence-corrected chi connectivity index (χ4v) is 5.72. The molecule has 0 aromatic heterocycles. The summed E-state index contributed by atoms with van der Waals surface area (Å²) in [6, 6.07) is 4.01. The first kappa shape index (κ1) is 18.8. The highest BCUT2D eigenvalue weighted by Crippen LogP contribution is 2.55. The van der Waals surface area contributed by atoms with E-state index in [2.05, 4.69) is 10.6 Å². The SMILES string of the molecule is Cc1ccc(C(=O)OCC(=O)NC(=O)NC23CC4CC(CC(C4)C2)C3)c(O)c1. The molecule has 4 bridgehead atoms. The lowest BCUT2D eigenvalue weighted by Crippen LogP contribution is -2.62. The monoisotopic (exact) mass is 386 g/mol. The van der Waals surface area contributed by atoms with Crippen LogP contribution in [-0.4, -0.2) is 35.2 Å². The predicted octanol–water partition coefficient (Wildman–Crippen LogP) is 2.65. The van der Waals surface area contributed by atoms with Gasteiger partial charge in [0, 0.05) is 5.54 Å². The molecule has 0 unspecified atom stereocenters. The zero-order valence-corrected chi connectivity index (χ0v) is 16.0. The van der Waals surface area contributed by atoms with E-state index in [-0.39, 0.29) is 16.9 Å². The van der Waals surface area contributed by atoms with Crippen molar-refractivity contribution in [1.82, 2.24) is 10.6 Å². The molecule has 0 radical (unpaired) electrons. The van der Waals surface area contributed by atoms with E-state index in [1.807, 2.05) is 0 Å². The molecule has 150 valence electrons. The maximum atomic E-state index is 12.3. The third-order valence-corrected chi connectivity index (χ3v) is 6.38. The number of carbonyl (C=O) groups is 3. The first-order valence-electron chi connectivity index (χ1n) is 9.91. The Labute approximate surface area is 163 Å². The Morgan fingerprint density at radius 2 is 1.71 bits per heavy atom. The predicted molar refractivity (Wildman–Crippen MR) is 101 cm³/mol. The Morgan fingerprint density at radius 1 is 1.11 bits per heavy atom. The molecule has 3 N–H and O–H groups in total. The number of nitrogens with one attached hydrogen (secondary N) is 2. The van der Waals surface area contributed by atoms with Crippen molar-refractivity contribution in [2.24, 2.45) is 17.8 Å². The van der Waals surface area contributed by atoms with Gasteiger partial charge in [-0.1, -0.05) is 6.07 Å². The van der Waals surface area contributed by atoms with Crippen molar-refractivity contribution >= 4 is 17.9 Å². The van der Waals surface area contributed by atoms with E-state index < -0.39 is 24.5 Å². The molecule has 0 heterocycles. The highest BCUT2D eigenvalue weighted by molar-refractivity contribution is 5.98. The van der Waals surface area contributed by atoms with Crippen LogP contribution in [0.15, 0.2) is 18.2 Å². The molecule has 0 spiro atoms. The Bertz CT molecular complexity index is 784. The number of ether oxygens (including phenoxy) is 1. The van der Waals surface area contributed by atoms with E-state index in [1.165, 1.54) is 31.4 Å². The van der Waals surface area contributed by atoms with Crippen molar-refractivity contribution in [3.8, 4) is 5.75 Å².